The van der Waals surface area contributed by atoms with Gasteiger partial charge in [0, 0.05) is 6.04 Å². The number of aliphatic hydroxyl groups is 1. The van der Waals surface area contributed by atoms with E-state index in [9.17, 15) is 9.90 Å². The van der Waals surface area contributed by atoms with E-state index in [0.29, 0.717) is 12.8 Å². The number of nitrogens with one attached hydrogen (secondary N) is 1. The van der Waals surface area contributed by atoms with Crippen molar-refractivity contribution in [3.63, 3.8) is 0 Å². The average Bonchev–Trinajstić information content (AvgIpc) is 2.41. The highest BCUT2D eigenvalue weighted by Gasteiger charge is 2.28. The van der Waals surface area contributed by atoms with Crippen LogP contribution in [0.1, 0.15) is 24.8 Å². The zero-order valence-electron chi connectivity index (χ0n) is 10.8. The van der Waals surface area contributed by atoms with Crippen LogP contribution in [-0.4, -0.2) is 29.4 Å². The summed E-state index contributed by atoms with van der Waals surface area (Å²) in [4.78, 5) is 11.6. The number of hydrogen-bond acceptors (Lipinski definition) is 4. The number of hydrogen-bond donors (Lipinski definition) is 3. The number of alkyl carbamates (subject to hydrolysis) is 1. The van der Waals surface area contributed by atoms with Crippen molar-refractivity contribution in [1.29, 1.82) is 0 Å². The Bertz CT molecular complexity index is 410. The first-order chi connectivity index (χ1) is 9.15. The average molecular weight is 264 g/mol. The molecule has 0 unspecified atom stereocenters. The summed E-state index contributed by atoms with van der Waals surface area (Å²) in [6.45, 7) is 0.231. The number of nitrogens with two attached hydrogens (primary N) is 1. The quantitative estimate of drug-likeness (QED) is 0.764. The van der Waals surface area contributed by atoms with Crippen molar-refractivity contribution in [3.05, 3.63) is 35.9 Å². The molecule has 19 heavy (non-hydrogen) atoms. The smallest absolute Gasteiger partial charge is 0.407 e. The van der Waals surface area contributed by atoms with Gasteiger partial charge in [-0.15, -0.1) is 0 Å². The van der Waals surface area contributed by atoms with Crippen LogP contribution < -0.4 is 11.1 Å². The van der Waals surface area contributed by atoms with Gasteiger partial charge in [-0.2, -0.15) is 0 Å². The first-order valence-electron chi connectivity index (χ1n) is 6.56. The Morgan fingerprint density at radius 1 is 1.37 bits per heavy atom. The van der Waals surface area contributed by atoms with Gasteiger partial charge in [0.05, 0.1) is 12.1 Å². The van der Waals surface area contributed by atoms with E-state index in [1.54, 1.807) is 0 Å². The molecule has 1 aliphatic carbocycles. The van der Waals surface area contributed by atoms with Crippen molar-refractivity contribution < 1.29 is 14.6 Å². The summed E-state index contributed by atoms with van der Waals surface area (Å²) in [6.07, 6.45) is 0.920. The largest absolute Gasteiger partial charge is 0.445 e. The molecule has 1 saturated carbocycles. The Labute approximate surface area is 112 Å². The van der Waals surface area contributed by atoms with Crippen LogP contribution in [0.2, 0.25) is 0 Å². The number of amides is 1. The Morgan fingerprint density at radius 3 is 2.79 bits per heavy atom. The molecular formula is C14H20N2O3. The minimum Gasteiger partial charge on any atom is -0.445 e. The van der Waals surface area contributed by atoms with Crippen LogP contribution in [0.5, 0.6) is 0 Å². The standard InChI is InChI=1S/C14H20N2O3/c15-11-6-7-12(13(17)8-11)16-14(18)19-9-10-4-2-1-3-5-10/h1-5,11-13,17H,6-9,15H2,(H,16,18)/t11-,12-,13+/m1/s1. The van der Waals surface area contributed by atoms with Gasteiger partial charge in [0.25, 0.3) is 0 Å². The van der Waals surface area contributed by atoms with Crippen molar-refractivity contribution in [2.45, 2.75) is 44.1 Å². The van der Waals surface area contributed by atoms with Crippen LogP contribution in [0.25, 0.3) is 0 Å². The summed E-state index contributed by atoms with van der Waals surface area (Å²) in [5.74, 6) is 0. The van der Waals surface area contributed by atoms with Crippen LogP contribution in [0.4, 0.5) is 4.79 Å². The predicted octanol–water partition coefficient (Wildman–Crippen LogP) is 1.15. The van der Waals surface area contributed by atoms with Gasteiger partial charge >= 0.3 is 6.09 Å². The van der Waals surface area contributed by atoms with E-state index in [2.05, 4.69) is 5.32 Å². The van der Waals surface area contributed by atoms with Gasteiger partial charge < -0.3 is 20.9 Å². The lowest BCUT2D eigenvalue weighted by Gasteiger charge is -2.31. The monoisotopic (exact) mass is 264 g/mol. The van der Waals surface area contributed by atoms with E-state index in [1.807, 2.05) is 30.3 Å². The molecule has 0 spiro atoms. The Kier molecular flexibility index (Phi) is 4.76. The van der Waals surface area contributed by atoms with Crippen LogP contribution in [0.15, 0.2) is 30.3 Å². The molecule has 1 aliphatic rings. The third kappa shape index (κ3) is 4.22. The van der Waals surface area contributed by atoms with Gasteiger partial charge in [0.1, 0.15) is 6.61 Å². The molecular weight excluding hydrogens is 244 g/mol. The fourth-order valence-electron chi connectivity index (χ4n) is 2.26. The number of carbonyl (C=O) groups is 1. The molecule has 4 N–H and O–H groups in total. The van der Waals surface area contributed by atoms with E-state index >= 15 is 0 Å². The van der Waals surface area contributed by atoms with Crippen LogP contribution in [0.3, 0.4) is 0 Å². The van der Waals surface area contributed by atoms with E-state index in [-0.39, 0.29) is 18.7 Å². The lowest BCUT2D eigenvalue weighted by Crippen LogP contribution is -2.49. The fraction of sp³-hybridized carbons (Fsp3) is 0.500. The maximum absolute atomic E-state index is 11.6. The van der Waals surface area contributed by atoms with Crippen LogP contribution >= 0.6 is 0 Å². The molecule has 0 aliphatic heterocycles. The second-order valence-corrected chi connectivity index (χ2v) is 4.95. The summed E-state index contributed by atoms with van der Waals surface area (Å²) >= 11 is 0. The molecule has 5 heteroatoms. The zero-order chi connectivity index (χ0) is 13.7. The molecule has 2 rings (SSSR count). The number of benzene rings is 1. The van der Waals surface area contributed by atoms with Crippen molar-refractivity contribution in [3.8, 4) is 0 Å². The van der Waals surface area contributed by atoms with E-state index in [4.69, 9.17) is 10.5 Å². The van der Waals surface area contributed by atoms with Crippen molar-refractivity contribution >= 4 is 6.09 Å². The Balaban J connectivity index is 1.75. The normalized spacial score (nSPS) is 26.7. The summed E-state index contributed by atoms with van der Waals surface area (Å²) < 4.78 is 5.11. The maximum Gasteiger partial charge on any atom is 0.407 e. The highest BCUT2D eigenvalue weighted by molar-refractivity contribution is 5.67. The molecule has 104 valence electrons. The van der Waals surface area contributed by atoms with Crippen LogP contribution in [0, 0.1) is 0 Å². The van der Waals surface area contributed by atoms with Gasteiger partial charge in [-0.3, -0.25) is 0 Å². The minimum atomic E-state index is -0.590. The predicted molar refractivity (Wildman–Crippen MR) is 71.4 cm³/mol. The fourth-order valence-corrected chi connectivity index (χ4v) is 2.26. The molecule has 1 aromatic rings. The van der Waals surface area contributed by atoms with Gasteiger partial charge in [-0.1, -0.05) is 30.3 Å². The van der Waals surface area contributed by atoms with E-state index < -0.39 is 12.2 Å². The topological polar surface area (TPSA) is 84.6 Å². The third-order valence-corrected chi connectivity index (χ3v) is 3.37. The maximum atomic E-state index is 11.6. The van der Waals surface area contributed by atoms with E-state index in [1.165, 1.54) is 0 Å². The summed E-state index contributed by atoms with van der Waals surface area (Å²) in [7, 11) is 0. The molecule has 0 bridgehead atoms. The highest BCUT2D eigenvalue weighted by atomic mass is 16.5. The second-order valence-electron chi connectivity index (χ2n) is 4.95. The number of carbonyl (C=O) groups excluding carboxylic acids is 1. The Hall–Kier alpha value is -1.59. The Morgan fingerprint density at radius 2 is 2.11 bits per heavy atom. The van der Waals surface area contributed by atoms with Crippen molar-refractivity contribution in [2.24, 2.45) is 5.73 Å². The molecule has 1 aromatic carbocycles. The molecule has 0 aromatic heterocycles. The number of rotatable bonds is 3. The van der Waals surface area contributed by atoms with Crippen molar-refractivity contribution in [2.75, 3.05) is 0 Å². The molecule has 1 fully saturated rings. The summed E-state index contributed by atoms with van der Waals surface area (Å²) in [5, 5.41) is 12.5. The highest BCUT2D eigenvalue weighted by Crippen LogP contribution is 2.18. The first-order valence-corrected chi connectivity index (χ1v) is 6.56. The molecule has 0 heterocycles. The second kappa shape index (κ2) is 6.54. The number of ether oxygens (including phenoxy) is 1. The molecule has 0 radical (unpaired) electrons. The summed E-state index contributed by atoms with van der Waals surface area (Å²) in [5.41, 5.74) is 6.68. The first kappa shape index (κ1) is 13.8. The molecule has 5 nitrogen and oxygen atoms in total. The minimum absolute atomic E-state index is 0.0217. The van der Waals surface area contributed by atoms with Gasteiger partial charge in [0.2, 0.25) is 0 Å². The molecule has 1 amide bonds. The van der Waals surface area contributed by atoms with Gasteiger partial charge in [-0.25, -0.2) is 4.79 Å². The van der Waals surface area contributed by atoms with Crippen molar-refractivity contribution in [1.82, 2.24) is 5.32 Å². The lowest BCUT2D eigenvalue weighted by atomic mass is 9.89. The van der Waals surface area contributed by atoms with Gasteiger partial charge in [0.15, 0.2) is 0 Å². The van der Waals surface area contributed by atoms with Gasteiger partial charge in [-0.05, 0) is 24.8 Å². The molecule has 3 atom stereocenters. The lowest BCUT2D eigenvalue weighted by molar-refractivity contribution is 0.0718. The summed E-state index contributed by atoms with van der Waals surface area (Å²) in [6, 6.07) is 9.23. The third-order valence-electron chi connectivity index (χ3n) is 3.37. The molecule has 0 saturated heterocycles. The zero-order valence-corrected chi connectivity index (χ0v) is 10.8. The van der Waals surface area contributed by atoms with Crippen LogP contribution in [-0.2, 0) is 11.3 Å². The SMILES string of the molecule is N[C@@H]1CC[C@@H](NC(=O)OCc2ccccc2)[C@@H](O)C1. The van der Waals surface area contributed by atoms with E-state index in [0.717, 1.165) is 12.0 Å². The number of aliphatic hydroxyl groups excluding tert-OH is 1.